The van der Waals surface area contributed by atoms with Gasteiger partial charge in [-0.05, 0) is 82.4 Å². The summed E-state index contributed by atoms with van der Waals surface area (Å²) >= 11 is 6.57. The van der Waals surface area contributed by atoms with Crippen LogP contribution < -0.4 is 9.80 Å². The number of hydrogen-bond acceptors (Lipinski definition) is 5. The summed E-state index contributed by atoms with van der Waals surface area (Å²) in [5.74, 6) is 1.79. The van der Waals surface area contributed by atoms with E-state index in [1.807, 2.05) is 0 Å². The van der Waals surface area contributed by atoms with Crippen LogP contribution in [0, 0.1) is 0 Å². The Morgan fingerprint density at radius 3 is 2.31 bits per heavy atom. The van der Waals surface area contributed by atoms with Crippen LogP contribution in [0.4, 0.5) is 11.5 Å². The molecule has 154 valence electrons. The number of fused-ring (bicyclic) bond motifs is 1. The zero-order valence-corrected chi connectivity index (χ0v) is 17.9. The van der Waals surface area contributed by atoms with Gasteiger partial charge in [0.15, 0.2) is 5.82 Å². The molecule has 29 heavy (non-hydrogen) atoms. The number of anilines is 2. The van der Waals surface area contributed by atoms with Crippen molar-refractivity contribution >= 4 is 23.1 Å². The van der Waals surface area contributed by atoms with Gasteiger partial charge in [0.2, 0.25) is 0 Å². The number of benzene rings is 1. The van der Waals surface area contributed by atoms with E-state index in [-0.39, 0.29) is 0 Å². The highest BCUT2D eigenvalue weighted by molar-refractivity contribution is 6.30. The summed E-state index contributed by atoms with van der Waals surface area (Å²) in [5, 5.41) is 0.621. The van der Waals surface area contributed by atoms with Crippen LogP contribution in [0.3, 0.4) is 0 Å². The highest BCUT2D eigenvalue weighted by Crippen LogP contribution is 2.33. The van der Waals surface area contributed by atoms with Crippen molar-refractivity contribution in [1.29, 1.82) is 0 Å². The summed E-state index contributed by atoms with van der Waals surface area (Å²) in [4.78, 5) is 17.0. The molecule has 3 aliphatic rings. The van der Waals surface area contributed by atoms with Gasteiger partial charge >= 0.3 is 0 Å². The van der Waals surface area contributed by atoms with Crippen LogP contribution in [-0.2, 0) is 6.42 Å². The Bertz CT molecular complexity index is 841. The molecule has 0 unspecified atom stereocenters. The number of likely N-dealkylation sites (tertiary alicyclic amines) is 1. The zero-order valence-electron chi connectivity index (χ0n) is 17.1. The molecular formula is C23H30ClN5. The average molecular weight is 412 g/mol. The van der Waals surface area contributed by atoms with Gasteiger partial charge in [-0.15, -0.1) is 0 Å². The lowest BCUT2D eigenvalue weighted by Gasteiger charge is -2.21. The van der Waals surface area contributed by atoms with E-state index in [0.29, 0.717) is 5.15 Å². The molecule has 0 amide bonds. The van der Waals surface area contributed by atoms with Gasteiger partial charge in [-0.1, -0.05) is 11.6 Å². The normalized spacial score (nSPS) is 19.3. The maximum absolute atomic E-state index is 6.57. The van der Waals surface area contributed by atoms with Crippen LogP contribution in [0.25, 0.3) is 11.4 Å². The number of aromatic nitrogens is 2. The second-order valence-corrected chi connectivity index (χ2v) is 8.88. The topological polar surface area (TPSA) is 35.5 Å². The van der Waals surface area contributed by atoms with E-state index in [9.17, 15) is 0 Å². The molecule has 0 N–H and O–H groups in total. The Morgan fingerprint density at radius 1 is 0.828 bits per heavy atom. The molecule has 0 spiro atoms. The lowest BCUT2D eigenvalue weighted by Crippen LogP contribution is -2.28. The van der Waals surface area contributed by atoms with Crippen molar-refractivity contribution in [2.24, 2.45) is 0 Å². The van der Waals surface area contributed by atoms with Crippen molar-refractivity contribution in [3.05, 3.63) is 35.0 Å². The summed E-state index contributed by atoms with van der Waals surface area (Å²) in [6.07, 6.45) is 7.43. The molecule has 0 atom stereocenters. The zero-order chi connectivity index (χ0) is 19.6. The first kappa shape index (κ1) is 19.1. The summed E-state index contributed by atoms with van der Waals surface area (Å²) < 4.78 is 0. The van der Waals surface area contributed by atoms with Gasteiger partial charge in [-0.3, -0.25) is 0 Å². The molecule has 0 radical (unpaired) electrons. The molecule has 5 nitrogen and oxygen atoms in total. The second kappa shape index (κ2) is 8.49. The minimum absolute atomic E-state index is 0.621. The average Bonchev–Trinajstić information content (AvgIpc) is 3.51. The fraction of sp³-hybridized carbons (Fsp3) is 0.565. The summed E-state index contributed by atoms with van der Waals surface area (Å²) in [6, 6.07) is 8.66. The maximum Gasteiger partial charge on any atom is 0.163 e. The molecule has 2 aromatic rings. The van der Waals surface area contributed by atoms with Crippen molar-refractivity contribution in [3.63, 3.8) is 0 Å². The van der Waals surface area contributed by atoms with E-state index < -0.39 is 0 Å². The van der Waals surface area contributed by atoms with E-state index >= 15 is 0 Å². The monoisotopic (exact) mass is 411 g/mol. The van der Waals surface area contributed by atoms with Crippen LogP contribution in [0.2, 0.25) is 5.15 Å². The quantitative estimate of drug-likeness (QED) is 0.664. The number of halogens is 1. The Kier molecular flexibility index (Phi) is 5.60. The molecule has 2 saturated heterocycles. The third kappa shape index (κ3) is 4.08. The van der Waals surface area contributed by atoms with E-state index in [1.54, 1.807) is 0 Å². The van der Waals surface area contributed by atoms with E-state index in [2.05, 4.69) is 43.9 Å². The molecule has 3 aliphatic heterocycles. The van der Waals surface area contributed by atoms with Crippen LogP contribution >= 0.6 is 11.6 Å². The van der Waals surface area contributed by atoms with E-state index in [1.165, 1.54) is 57.4 Å². The van der Waals surface area contributed by atoms with Crippen molar-refractivity contribution in [2.45, 2.75) is 38.5 Å². The predicted molar refractivity (Wildman–Crippen MR) is 120 cm³/mol. The molecule has 0 saturated carbocycles. The first-order valence-corrected chi connectivity index (χ1v) is 11.5. The largest absolute Gasteiger partial charge is 0.372 e. The molecule has 0 aliphatic carbocycles. The lowest BCUT2D eigenvalue weighted by molar-refractivity contribution is 0.335. The second-order valence-electron chi connectivity index (χ2n) is 8.52. The summed E-state index contributed by atoms with van der Waals surface area (Å²) in [5.41, 5.74) is 3.45. The van der Waals surface area contributed by atoms with Crippen LogP contribution in [0.5, 0.6) is 0 Å². The van der Waals surface area contributed by atoms with Gasteiger partial charge in [0.1, 0.15) is 11.0 Å². The molecule has 0 bridgehead atoms. The smallest absolute Gasteiger partial charge is 0.163 e. The Labute approximate surface area is 178 Å². The minimum atomic E-state index is 0.621. The van der Waals surface area contributed by atoms with Crippen LogP contribution in [0.1, 0.15) is 37.7 Å². The maximum atomic E-state index is 6.57. The first-order chi connectivity index (χ1) is 14.3. The number of hydrogen-bond donors (Lipinski definition) is 0. The molecule has 6 heteroatoms. The van der Waals surface area contributed by atoms with E-state index in [0.717, 1.165) is 55.4 Å². The highest BCUT2D eigenvalue weighted by atomic mass is 35.5. The molecule has 1 aromatic carbocycles. The van der Waals surface area contributed by atoms with Gasteiger partial charge in [-0.25, -0.2) is 9.97 Å². The number of rotatable bonds is 6. The Hall–Kier alpha value is -1.85. The summed E-state index contributed by atoms with van der Waals surface area (Å²) in [7, 11) is 0. The van der Waals surface area contributed by atoms with E-state index in [4.69, 9.17) is 16.6 Å². The molecule has 1 aromatic heterocycles. The van der Waals surface area contributed by atoms with Gasteiger partial charge < -0.3 is 14.7 Å². The minimum Gasteiger partial charge on any atom is -0.372 e. The van der Waals surface area contributed by atoms with Crippen LogP contribution in [-0.4, -0.2) is 60.7 Å². The fourth-order valence-corrected chi connectivity index (χ4v) is 5.17. The van der Waals surface area contributed by atoms with Gasteiger partial charge in [0.05, 0.1) is 0 Å². The van der Waals surface area contributed by atoms with Crippen LogP contribution in [0.15, 0.2) is 24.3 Å². The standard InChI is InChI=1S/C23H30ClN5/c24-21-20-10-17-29(16-5-13-27-11-1-2-12-27)23(20)26-22(25-21)18-6-8-19(9-7-18)28-14-3-4-15-28/h6-9H,1-5,10-17H2. The Morgan fingerprint density at radius 2 is 1.55 bits per heavy atom. The van der Waals surface area contributed by atoms with Gasteiger partial charge in [0, 0.05) is 43.0 Å². The highest BCUT2D eigenvalue weighted by Gasteiger charge is 2.25. The molecule has 4 heterocycles. The van der Waals surface area contributed by atoms with Crippen molar-refractivity contribution in [1.82, 2.24) is 14.9 Å². The Balaban J connectivity index is 1.31. The number of nitrogens with zero attached hydrogens (tertiary/aromatic N) is 5. The third-order valence-corrected chi connectivity index (χ3v) is 6.88. The molecule has 2 fully saturated rings. The predicted octanol–water partition coefficient (Wildman–Crippen LogP) is 4.25. The summed E-state index contributed by atoms with van der Waals surface area (Å²) in [6.45, 7) is 8.09. The molecule has 5 rings (SSSR count). The van der Waals surface area contributed by atoms with Gasteiger partial charge in [0.25, 0.3) is 0 Å². The lowest BCUT2D eigenvalue weighted by atomic mass is 10.1. The van der Waals surface area contributed by atoms with Gasteiger partial charge in [-0.2, -0.15) is 0 Å². The first-order valence-electron chi connectivity index (χ1n) is 11.2. The SMILES string of the molecule is Clc1nc(-c2ccc(N3CCCC3)cc2)nc2c1CCN2CCCN1CCCC1. The van der Waals surface area contributed by atoms with Crippen molar-refractivity contribution in [3.8, 4) is 11.4 Å². The third-order valence-electron chi connectivity index (χ3n) is 6.56. The van der Waals surface area contributed by atoms with Crippen molar-refractivity contribution in [2.75, 3.05) is 55.6 Å². The fourth-order valence-electron chi connectivity index (χ4n) is 4.91. The molecular weight excluding hydrogens is 382 g/mol. The van der Waals surface area contributed by atoms with Crippen molar-refractivity contribution < 1.29 is 0 Å².